The van der Waals surface area contributed by atoms with E-state index in [-0.39, 0.29) is 16.9 Å². The van der Waals surface area contributed by atoms with Gasteiger partial charge in [-0.05, 0) is 66.6 Å². The zero-order valence-electron chi connectivity index (χ0n) is 21.5. The first-order chi connectivity index (χ1) is 18.3. The summed E-state index contributed by atoms with van der Waals surface area (Å²) in [7, 11) is -4.35. The summed E-state index contributed by atoms with van der Waals surface area (Å²) in [5.41, 5.74) is 2.72. The predicted molar refractivity (Wildman–Crippen MR) is 146 cm³/mol. The van der Waals surface area contributed by atoms with Crippen molar-refractivity contribution < 1.29 is 13.5 Å². The molecule has 1 atom stereocenters. The van der Waals surface area contributed by atoms with Crippen molar-refractivity contribution in [2.24, 2.45) is 0 Å². The quantitative estimate of drug-likeness (QED) is 0.324. The second-order valence-corrected chi connectivity index (χ2v) is 11.7. The average Bonchev–Trinajstić information content (AvgIpc) is 3.46. The number of aryl methyl sites for hydroxylation is 1. The number of pyridine rings is 1. The summed E-state index contributed by atoms with van der Waals surface area (Å²) in [5, 5.41) is 11.6. The molecule has 0 bridgehead atoms. The molecule has 1 fully saturated rings. The largest absolute Gasteiger partial charge is 0.493 e. The minimum absolute atomic E-state index is 0.00833. The standard InChI is InChI=1S/C30H31N3O4S/c1-3-26(22-9-5-4-6-10-22)33-28(23-11-7-8-12-23)32-29(34)27(30(33)35)38(36,37)24-15-13-21(14-16-24)25-17-18-31-19-20(25)2/h4-6,9-10,13-19,23,26,35H,3,7-8,11-12H2,1-2H3/t26-/m0/s1. The van der Waals surface area contributed by atoms with Crippen molar-refractivity contribution in [1.82, 2.24) is 14.5 Å². The SMILES string of the molecule is CC[C@@H](c1ccccc1)n1c(C2CCCC2)nc(=O)c(S(=O)(=O)c2ccc(-c3ccncc3C)cc2)c1O. The molecule has 0 spiro atoms. The summed E-state index contributed by atoms with van der Waals surface area (Å²) in [4.78, 5) is 21.0. The Hall–Kier alpha value is -3.78. The summed E-state index contributed by atoms with van der Waals surface area (Å²) < 4.78 is 29.2. The summed E-state index contributed by atoms with van der Waals surface area (Å²) in [5.74, 6) is -0.0918. The van der Waals surface area contributed by atoms with Gasteiger partial charge < -0.3 is 5.11 Å². The molecule has 2 aromatic heterocycles. The lowest BCUT2D eigenvalue weighted by Crippen LogP contribution is -2.28. The van der Waals surface area contributed by atoms with E-state index in [1.165, 1.54) is 12.1 Å². The van der Waals surface area contributed by atoms with Crippen LogP contribution in [0.3, 0.4) is 0 Å². The Morgan fingerprint density at radius 3 is 2.34 bits per heavy atom. The van der Waals surface area contributed by atoms with Crippen LogP contribution < -0.4 is 5.56 Å². The van der Waals surface area contributed by atoms with Gasteiger partial charge in [0.1, 0.15) is 5.82 Å². The Balaban J connectivity index is 1.66. The molecule has 1 saturated carbocycles. The van der Waals surface area contributed by atoms with Gasteiger partial charge in [-0.1, -0.05) is 62.2 Å². The third-order valence-corrected chi connectivity index (χ3v) is 9.24. The fourth-order valence-electron chi connectivity index (χ4n) is 5.51. The van der Waals surface area contributed by atoms with Gasteiger partial charge in [-0.2, -0.15) is 4.98 Å². The maximum absolute atomic E-state index is 13.8. The van der Waals surface area contributed by atoms with E-state index in [4.69, 9.17) is 0 Å². The van der Waals surface area contributed by atoms with Crippen molar-refractivity contribution in [1.29, 1.82) is 0 Å². The van der Waals surface area contributed by atoms with Crippen LogP contribution in [0.15, 0.2) is 87.6 Å². The van der Waals surface area contributed by atoms with Crippen LogP contribution in [-0.4, -0.2) is 28.1 Å². The number of rotatable bonds is 7. The van der Waals surface area contributed by atoms with Gasteiger partial charge in [0, 0.05) is 18.3 Å². The number of aromatic hydroxyl groups is 1. The second kappa shape index (κ2) is 10.5. The Kier molecular flexibility index (Phi) is 7.17. The van der Waals surface area contributed by atoms with Crippen molar-refractivity contribution in [2.75, 3.05) is 0 Å². The molecule has 0 aliphatic heterocycles. The molecule has 0 saturated heterocycles. The van der Waals surface area contributed by atoms with Crippen LogP contribution >= 0.6 is 0 Å². The van der Waals surface area contributed by atoms with Crippen LogP contribution in [0.25, 0.3) is 11.1 Å². The fraction of sp³-hybridized carbons (Fsp3) is 0.300. The van der Waals surface area contributed by atoms with E-state index in [2.05, 4.69) is 9.97 Å². The molecular formula is C30H31N3O4S. The van der Waals surface area contributed by atoms with Crippen LogP contribution in [0.2, 0.25) is 0 Å². The van der Waals surface area contributed by atoms with E-state index in [0.29, 0.717) is 12.2 Å². The lowest BCUT2D eigenvalue weighted by atomic mass is 10.0. The maximum Gasteiger partial charge on any atom is 0.296 e. The third-order valence-electron chi connectivity index (χ3n) is 7.46. The topological polar surface area (TPSA) is 102 Å². The Labute approximate surface area is 222 Å². The van der Waals surface area contributed by atoms with E-state index >= 15 is 0 Å². The molecule has 1 aliphatic carbocycles. The van der Waals surface area contributed by atoms with E-state index < -0.39 is 26.2 Å². The Bertz CT molecular complexity index is 1610. The summed E-state index contributed by atoms with van der Waals surface area (Å²) in [6.07, 6.45) is 7.72. The highest BCUT2D eigenvalue weighted by atomic mass is 32.2. The van der Waals surface area contributed by atoms with Crippen LogP contribution in [-0.2, 0) is 9.84 Å². The van der Waals surface area contributed by atoms with E-state index in [9.17, 15) is 18.3 Å². The highest BCUT2D eigenvalue weighted by Gasteiger charge is 2.34. The first kappa shape index (κ1) is 25.9. The van der Waals surface area contributed by atoms with Gasteiger partial charge in [0.15, 0.2) is 4.90 Å². The van der Waals surface area contributed by atoms with Gasteiger partial charge >= 0.3 is 0 Å². The van der Waals surface area contributed by atoms with Crippen molar-refractivity contribution in [2.45, 2.75) is 67.7 Å². The van der Waals surface area contributed by atoms with Crippen LogP contribution in [0.5, 0.6) is 5.88 Å². The van der Waals surface area contributed by atoms with Crippen LogP contribution in [0.4, 0.5) is 0 Å². The number of nitrogens with zero attached hydrogens (tertiary/aromatic N) is 3. The molecule has 0 radical (unpaired) electrons. The van der Waals surface area contributed by atoms with E-state index in [1.807, 2.05) is 50.2 Å². The van der Waals surface area contributed by atoms with Gasteiger partial charge in [0.25, 0.3) is 5.56 Å². The van der Waals surface area contributed by atoms with E-state index in [0.717, 1.165) is 47.9 Å². The predicted octanol–water partition coefficient (Wildman–Crippen LogP) is 5.81. The molecule has 0 amide bonds. The lowest BCUT2D eigenvalue weighted by molar-refractivity contribution is 0.352. The first-order valence-electron chi connectivity index (χ1n) is 13.0. The third kappa shape index (κ3) is 4.65. The maximum atomic E-state index is 13.8. The highest BCUT2D eigenvalue weighted by Crippen LogP contribution is 2.39. The van der Waals surface area contributed by atoms with Crippen molar-refractivity contribution in [3.05, 3.63) is 100 Å². The Morgan fingerprint density at radius 1 is 1.03 bits per heavy atom. The average molecular weight is 530 g/mol. The molecule has 1 N–H and O–H groups in total. The van der Waals surface area contributed by atoms with Gasteiger partial charge in [-0.15, -0.1) is 0 Å². The molecule has 38 heavy (non-hydrogen) atoms. The van der Waals surface area contributed by atoms with Crippen molar-refractivity contribution >= 4 is 9.84 Å². The molecule has 0 unspecified atom stereocenters. The highest BCUT2D eigenvalue weighted by molar-refractivity contribution is 7.91. The number of hydrogen-bond donors (Lipinski definition) is 1. The second-order valence-electron chi connectivity index (χ2n) is 9.83. The smallest absolute Gasteiger partial charge is 0.296 e. The molecule has 7 nitrogen and oxygen atoms in total. The zero-order valence-corrected chi connectivity index (χ0v) is 22.4. The van der Waals surface area contributed by atoms with Gasteiger partial charge in [-0.25, -0.2) is 8.42 Å². The number of sulfone groups is 1. The minimum atomic E-state index is -4.35. The molecule has 5 rings (SSSR count). The van der Waals surface area contributed by atoms with Gasteiger partial charge in [-0.3, -0.25) is 14.3 Å². The number of aromatic nitrogens is 3. The molecule has 8 heteroatoms. The molecule has 2 aromatic carbocycles. The zero-order chi connectivity index (χ0) is 26.9. The molecule has 4 aromatic rings. The summed E-state index contributed by atoms with van der Waals surface area (Å²) in [6.45, 7) is 3.91. The summed E-state index contributed by atoms with van der Waals surface area (Å²) in [6, 6.07) is 17.4. The van der Waals surface area contributed by atoms with Crippen LogP contribution in [0.1, 0.15) is 67.9 Å². The lowest BCUT2D eigenvalue weighted by Gasteiger charge is -2.27. The van der Waals surface area contributed by atoms with Gasteiger partial charge in [0.05, 0.1) is 10.9 Å². The summed E-state index contributed by atoms with van der Waals surface area (Å²) >= 11 is 0. The van der Waals surface area contributed by atoms with Crippen molar-refractivity contribution in [3.8, 4) is 17.0 Å². The monoisotopic (exact) mass is 529 g/mol. The molecule has 2 heterocycles. The Morgan fingerprint density at radius 2 is 1.71 bits per heavy atom. The minimum Gasteiger partial charge on any atom is -0.493 e. The number of benzene rings is 2. The first-order valence-corrected chi connectivity index (χ1v) is 14.5. The van der Waals surface area contributed by atoms with Gasteiger partial charge in [0.2, 0.25) is 15.7 Å². The molecular weight excluding hydrogens is 498 g/mol. The fourth-order valence-corrected chi connectivity index (χ4v) is 6.85. The normalized spacial score (nSPS) is 15.0. The van der Waals surface area contributed by atoms with E-state index in [1.54, 1.807) is 29.1 Å². The van der Waals surface area contributed by atoms with Crippen LogP contribution in [0, 0.1) is 6.92 Å². The molecule has 196 valence electrons. The van der Waals surface area contributed by atoms with Crippen molar-refractivity contribution in [3.63, 3.8) is 0 Å². The molecule has 1 aliphatic rings. The number of hydrogen-bond acceptors (Lipinski definition) is 6.